The molecule has 0 aromatic heterocycles. The van der Waals surface area contributed by atoms with Gasteiger partial charge in [-0.1, -0.05) is 41.5 Å². The largest absolute Gasteiger partial charge is 0.483 e. The number of aliphatic hydroxyl groups is 2. The lowest BCUT2D eigenvalue weighted by atomic mass is 9.38. The van der Waals surface area contributed by atoms with E-state index in [0.29, 0.717) is 25.0 Å². The lowest BCUT2D eigenvalue weighted by Crippen LogP contribution is -2.75. The van der Waals surface area contributed by atoms with Gasteiger partial charge in [-0.25, -0.2) is 0 Å². The number of carbonyl (C=O) groups excluding carboxylic acids is 8. The van der Waals surface area contributed by atoms with Crippen molar-refractivity contribution in [3.05, 3.63) is 11.3 Å². The molecule has 0 radical (unpaired) electrons. The number of fused-ring (bicyclic) bond motifs is 8. The average molecular weight is 967 g/mol. The smallest absolute Gasteiger partial charge is 0.302 e. The Bertz CT molecular complexity index is 2330. The van der Waals surface area contributed by atoms with Crippen LogP contribution in [0.15, 0.2) is 11.3 Å². The van der Waals surface area contributed by atoms with E-state index in [-0.39, 0.29) is 44.4 Å². The first kappa shape index (κ1) is 49.6. The van der Waals surface area contributed by atoms with Crippen molar-refractivity contribution in [1.29, 1.82) is 0 Å². The summed E-state index contributed by atoms with van der Waals surface area (Å²) in [7, 11) is 0. The van der Waals surface area contributed by atoms with Crippen LogP contribution in [0.5, 0.6) is 0 Å². The van der Waals surface area contributed by atoms with E-state index in [0.717, 1.165) is 5.57 Å². The second-order valence-electron chi connectivity index (χ2n) is 24.1. The Hall–Kier alpha value is -4.38. The zero-order valence-electron chi connectivity index (χ0n) is 42.0. The van der Waals surface area contributed by atoms with Crippen LogP contribution in [0.3, 0.4) is 0 Å². The molecule has 8 aliphatic carbocycles. The van der Waals surface area contributed by atoms with E-state index in [1.54, 1.807) is 20.8 Å². The van der Waals surface area contributed by atoms with Crippen molar-refractivity contribution < 1.29 is 81.7 Å². The minimum absolute atomic E-state index is 0.0314. The maximum absolute atomic E-state index is 16.5. The Balaban J connectivity index is 1.23. The third kappa shape index (κ3) is 6.51. The van der Waals surface area contributed by atoms with Crippen molar-refractivity contribution in [3.8, 4) is 0 Å². The number of ether oxygens (including phenoxy) is 7. The molecule has 7 saturated carbocycles. The van der Waals surface area contributed by atoms with Gasteiger partial charge >= 0.3 is 35.8 Å². The summed E-state index contributed by atoms with van der Waals surface area (Å²) < 4.78 is 44.8. The summed E-state index contributed by atoms with van der Waals surface area (Å²) in [5.41, 5.74) is -8.51. The number of hydrogen-bond acceptors (Lipinski definition) is 17. The highest BCUT2D eigenvalue weighted by Crippen LogP contribution is 2.78. The average Bonchev–Trinajstić information content (AvgIpc) is 3.56. The number of allylic oxidation sites excluding steroid dienone is 1. The summed E-state index contributed by atoms with van der Waals surface area (Å²) >= 11 is 0. The van der Waals surface area contributed by atoms with Crippen LogP contribution in [-0.4, -0.2) is 112 Å². The van der Waals surface area contributed by atoms with Crippen molar-refractivity contribution in [1.82, 2.24) is 0 Å². The van der Waals surface area contributed by atoms with Gasteiger partial charge < -0.3 is 43.4 Å². The van der Waals surface area contributed by atoms with Gasteiger partial charge in [0.25, 0.3) is 0 Å². The summed E-state index contributed by atoms with van der Waals surface area (Å²) in [5, 5.41) is 24.6. The predicted octanol–water partition coefficient (Wildman–Crippen LogP) is 4.81. The summed E-state index contributed by atoms with van der Waals surface area (Å²) in [6.07, 6.45) is -7.13. The molecule has 9 rings (SSSR count). The molecule has 0 saturated heterocycles. The molecule has 0 aromatic carbocycles. The molecule has 380 valence electrons. The van der Waals surface area contributed by atoms with Crippen LogP contribution < -0.4 is 0 Å². The quantitative estimate of drug-likeness (QED) is 0.268. The monoisotopic (exact) mass is 966 g/mol. The predicted molar refractivity (Wildman–Crippen MR) is 237 cm³/mol. The van der Waals surface area contributed by atoms with Crippen molar-refractivity contribution in [2.75, 3.05) is 0 Å². The SMILES string of the molecule is CC(=O)O[C@H]1C[C@@H]2C[C@]3(C4=C2CC[C@@]2(O4)C(=O)[C@@]45C[C@@H]2C[C@H](OC(C)=O)[C@H]4[C@]2(C)[C@@H](OC(C)=O)C[C@H](OC(C)=O)C(C)(C)[C@H]2C(=O)[C@@H]5O)[C@@H](OC(C)=O)C[C@@H]2C(C)(C)[C@@H](O)C[C@H](OC(C)=O)[C@@]2(C)[C@H]13. The van der Waals surface area contributed by atoms with Crippen LogP contribution in [0.4, 0.5) is 0 Å². The Morgan fingerprint density at radius 2 is 1.07 bits per heavy atom. The van der Waals surface area contributed by atoms with E-state index >= 15 is 9.59 Å². The normalized spacial score (nSPS) is 47.2. The number of esters is 6. The van der Waals surface area contributed by atoms with E-state index in [2.05, 4.69) is 0 Å². The molecule has 4 bridgehead atoms. The lowest BCUT2D eigenvalue weighted by molar-refractivity contribution is -0.285. The molecule has 0 amide bonds. The fourth-order valence-electron chi connectivity index (χ4n) is 18.1. The van der Waals surface area contributed by atoms with Crippen LogP contribution >= 0.6 is 0 Å². The van der Waals surface area contributed by atoms with Gasteiger partial charge in [-0.05, 0) is 67.8 Å². The van der Waals surface area contributed by atoms with Gasteiger partial charge in [-0.3, -0.25) is 38.4 Å². The van der Waals surface area contributed by atoms with Gasteiger partial charge in [0.15, 0.2) is 17.2 Å². The molecule has 1 aliphatic heterocycles. The van der Waals surface area contributed by atoms with Gasteiger partial charge in [-0.2, -0.15) is 0 Å². The maximum Gasteiger partial charge on any atom is 0.302 e. The van der Waals surface area contributed by atoms with Gasteiger partial charge in [0.2, 0.25) is 0 Å². The highest BCUT2D eigenvalue weighted by atomic mass is 16.6. The molecule has 17 heteroatoms. The topological polar surface area (TPSA) is 242 Å². The molecule has 9 aliphatic rings. The van der Waals surface area contributed by atoms with Gasteiger partial charge in [0.1, 0.15) is 48.5 Å². The minimum Gasteiger partial charge on any atom is -0.483 e. The number of aliphatic hydroxyl groups excluding tert-OH is 2. The van der Waals surface area contributed by atoms with Gasteiger partial charge in [0, 0.05) is 94.3 Å². The van der Waals surface area contributed by atoms with Crippen LogP contribution in [0.25, 0.3) is 0 Å². The van der Waals surface area contributed by atoms with Gasteiger partial charge in [-0.15, -0.1) is 0 Å². The molecule has 1 heterocycles. The van der Waals surface area contributed by atoms with Crippen LogP contribution in [0.2, 0.25) is 0 Å². The van der Waals surface area contributed by atoms with E-state index in [4.69, 9.17) is 33.2 Å². The third-order valence-electron chi connectivity index (χ3n) is 20.0. The van der Waals surface area contributed by atoms with Crippen LogP contribution in [0.1, 0.15) is 141 Å². The molecule has 69 heavy (non-hydrogen) atoms. The Labute approximate surface area is 402 Å². The molecule has 19 atom stereocenters. The van der Waals surface area contributed by atoms with E-state index < -0.39 is 164 Å². The zero-order chi connectivity index (χ0) is 50.7. The molecule has 17 nitrogen and oxygen atoms in total. The van der Waals surface area contributed by atoms with Crippen molar-refractivity contribution in [3.63, 3.8) is 0 Å². The number of hydrogen-bond donors (Lipinski definition) is 2. The number of rotatable bonds is 6. The Kier molecular flexibility index (Phi) is 11.4. The fraction of sp³-hybridized carbons (Fsp3) is 0.808. The van der Waals surface area contributed by atoms with Gasteiger partial charge in [0.05, 0.1) is 16.9 Å². The van der Waals surface area contributed by atoms with E-state index in [9.17, 15) is 39.0 Å². The van der Waals surface area contributed by atoms with E-state index in [1.165, 1.54) is 41.5 Å². The standard InChI is InChI=1S/C52H70O17/c1-22(53)63-31-15-28-20-50(38(68-27(6)58)17-33-46(7,8)34(59)18-36(66-25(4)56)48(33,11)40(31)50)44-30(28)13-14-52(69-44)29-16-32(64-23(2)54)41-49(12)37(67-26(5)57)19-35(65-24(3)55)47(9,10)42(49)39(60)43(61)51(41,21-29)45(52)62/h28-29,31-38,40-43,59,61H,13-21H2,1-12H3/t28-,29+,31+,32+,33-,34+,35+,36+,37+,38+,40+,41+,42-,43+,48+,49+,50+,51+,52+/m1/s1. The Morgan fingerprint density at radius 3 is 1.64 bits per heavy atom. The molecular formula is C52H70O17. The lowest BCUT2D eigenvalue weighted by Gasteiger charge is -2.68. The molecule has 0 unspecified atom stereocenters. The fourth-order valence-corrected chi connectivity index (χ4v) is 18.1. The minimum atomic E-state index is -1.94. The van der Waals surface area contributed by atoms with Crippen LogP contribution in [0, 0.1) is 68.0 Å². The van der Waals surface area contributed by atoms with Crippen molar-refractivity contribution in [2.24, 2.45) is 68.0 Å². The molecular weight excluding hydrogens is 897 g/mol. The molecule has 7 fully saturated rings. The molecule has 2 N–H and O–H groups in total. The molecule has 3 spiro atoms. The first-order chi connectivity index (χ1) is 32.0. The third-order valence-corrected chi connectivity index (χ3v) is 20.0. The first-order valence-corrected chi connectivity index (χ1v) is 24.9. The summed E-state index contributed by atoms with van der Waals surface area (Å²) in [4.78, 5) is 110. The summed E-state index contributed by atoms with van der Waals surface area (Å²) in [5.74, 6) is -8.87. The van der Waals surface area contributed by atoms with Crippen molar-refractivity contribution >= 4 is 47.4 Å². The highest BCUT2D eigenvalue weighted by Gasteiger charge is 2.84. The van der Waals surface area contributed by atoms with E-state index in [1.807, 2.05) is 20.8 Å². The zero-order valence-corrected chi connectivity index (χ0v) is 42.0. The second kappa shape index (κ2) is 15.8. The summed E-state index contributed by atoms with van der Waals surface area (Å²) in [6, 6.07) is 0. The molecule has 0 aromatic rings. The van der Waals surface area contributed by atoms with Crippen LogP contribution in [-0.2, 0) is 71.5 Å². The number of carbonyl (C=O) groups is 8. The second-order valence-corrected chi connectivity index (χ2v) is 24.1. The first-order valence-electron chi connectivity index (χ1n) is 24.9. The maximum atomic E-state index is 16.5. The number of Topliss-reactive ketones (excluding diaryl/α,β-unsaturated/α-hetero) is 2. The summed E-state index contributed by atoms with van der Waals surface area (Å²) in [6.45, 7) is 18.8. The highest BCUT2D eigenvalue weighted by molar-refractivity contribution is 6.04. The number of ketones is 2. The van der Waals surface area contributed by atoms with Crippen molar-refractivity contribution in [2.45, 2.75) is 195 Å². The Morgan fingerprint density at radius 1 is 0.565 bits per heavy atom.